The summed E-state index contributed by atoms with van der Waals surface area (Å²) in [6.45, 7) is 5.12. The van der Waals surface area contributed by atoms with Gasteiger partial charge in [0.15, 0.2) is 0 Å². The van der Waals surface area contributed by atoms with Gasteiger partial charge in [-0.15, -0.1) is 0 Å². The predicted molar refractivity (Wildman–Crippen MR) is 59.4 cm³/mol. The number of allylic oxidation sites excluding steroid dienone is 1. The zero-order valence-electron chi connectivity index (χ0n) is 9.57. The second-order valence-corrected chi connectivity index (χ2v) is 5.24. The zero-order valence-corrected chi connectivity index (χ0v) is 9.57. The predicted octanol–water partition coefficient (Wildman–Crippen LogP) is 1.43. The summed E-state index contributed by atoms with van der Waals surface area (Å²) in [5.41, 5.74) is 0.0184. The molecule has 0 aromatic heterocycles. The molecule has 0 aromatic carbocycles. The molecule has 0 radical (unpaired) electrons. The van der Waals surface area contributed by atoms with Gasteiger partial charge in [0.25, 0.3) is 0 Å². The summed E-state index contributed by atoms with van der Waals surface area (Å²) in [6.07, 6.45) is 7.10. The molecule has 1 saturated carbocycles. The maximum atomic E-state index is 9.60. The molecule has 1 fully saturated rings. The van der Waals surface area contributed by atoms with Crippen LogP contribution >= 0.6 is 0 Å². The number of aliphatic hydroxyl groups is 1. The molecule has 86 valence electrons. The van der Waals surface area contributed by atoms with Crippen molar-refractivity contribution < 1.29 is 9.84 Å². The van der Waals surface area contributed by atoms with Crippen molar-refractivity contribution in [3.8, 4) is 0 Å². The number of aliphatic hydroxyl groups excluding tert-OH is 1. The minimum absolute atomic E-state index is 0.0184. The summed E-state index contributed by atoms with van der Waals surface area (Å²) in [5, 5.41) is 13.1. The lowest BCUT2D eigenvalue weighted by Gasteiger charge is -2.50. The third kappa shape index (κ3) is 2.18. The SMILES string of the molecule is CC1(C)C(O)CC1NCC1CCC=CO1. The van der Waals surface area contributed by atoms with Crippen molar-refractivity contribution in [3.63, 3.8) is 0 Å². The zero-order chi connectivity index (χ0) is 10.9. The second kappa shape index (κ2) is 4.14. The summed E-state index contributed by atoms with van der Waals surface area (Å²) >= 11 is 0. The molecule has 0 saturated heterocycles. The van der Waals surface area contributed by atoms with Crippen LogP contribution in [0.2, 0.25) is 0 Å². The third-order valence-corrected chi connectivity index (χ3v) is 3.83. The van der Waals surface area contributed by atoms with Gasteiger partial charge >= 0.3 is 0 Å². The van der Waals surface area contributed by atoms with Gasteiger partial charge in [0.05, 0.1) is 12.4 Å². The summed E-state index contributed by atoms with van der Waals surface area (Å²) in [6, 6.07) is 0.432. The van der Waals surface area contributed by atoms with Crippen LogP contribution in [0.5, 0.6) is 0 Å². The van der Waals surface area contributed by atoms with E-state index in [4.69, 9.17) is 4.74 Å². The van der Waals surface area contributed by atoms with Gasteiger partial charge in [-0.3, -0.25) is 0 Å². The first-order valence-corrected chi connectivity index (χ1v) is 5.82. The fourth-order valence-electron chi connectivity index (χ4n) is 2.26. The highest BCUT2D eigenvalue weighted by Gasteiger charge is 2.46. The highest BCUT2D eigenvalue weighted by atomic mass is 16.5. The Kier molecular flexibility index (Phi) is 3.03. The van der Waals surface area contributed by atoms with Gasteiger partial charge < -0.3 is 15.2 Å². The Bertz CT molecular complexity index is 250. The van der Waals surface area contributed by atoms with Crippen molar-refractivity contribution in [2.45, 2.75) is 51.4 Å². The highest BCUT2D eigenvalue weighted by molar-refractivity contribution is 5.02. The molecular formula is C12H21NO2. The molecule has 0 spiro atoms. The van der Waals surface area contributed by atoms with Gasteiger partial charge in [-0.2, -0.15) is 0 Å². The Morgan fingerprint density at radius 1 is 1.53 bits per heavy atom. The van der Waals surface area contributed by atoms with E-state index in [1.165, 1.54) is 0 Å². The molecule has 15 heavy (non-hydrogen) atoms. The van der Waals surface area contributed by atoms with Crippen LogP contribution in [0, 0.1) is 5.41 Å². The van der Waals surface area contributed by atoms with Crippen LogP contribution in [-0.4, -0.2) is 29.9 Å². The normalized spacial score (nSPS) is 38.2. The fraction of sp³-hybridized carbons (Fsp3) is 0.833. The second-order valence-electron chi connectivity index (χ2n) is 5.24. The van der Waals surface area contributed by atoms with Crippen molar-refractivity contribution in [2.24, 2.45) is 5.41 Å². The summed E-state index contributed by atoms with van der Waals surface area (Å²) in [5.74, 6) is 0. The number of hydrogen-bond donors (Lipinski definition) is 2. The van der Waals surface area contributed by atoms with Gasteiger partial charge in [-0.1, -0.05) is 13.8 Å². The molecule has 3 nitrogen and oxygen atoms in total. The lowest BCUT2D eigenvalue weighted by Crippen LogP contribution is -2.60. The summed E-state index contributed by atoms with van der Waals surface area (Å²) < 4.78 is 5.49. The molecule has 0 amide bonds. The molecule has 1 aliphatic carbocycles. The monoisotopic (exact) mass is 211 g/mol. The Labute approximate surface area is 91.5 Å². The van der Waals surface area contributed by atoms with Crippen molar-refractivity contribution in [1.29, 1.82) is 0 Å². The van der Waals surface area contributed by atoms with Crippen LogP contribution in [0.3, 0.4) is 0 Å². The number of rotatable bonds is 3. The maximum Gasteiger partial charge on any atom is 0.110 e. The van der Waals surface area contributed by atoms with Gasteiger partial charge in [0.2, 0.25) is 0 Å². The Morgan fingerprint density at radius 2 is 2.33 bits per heavy atom. The molecule has 3 unspecified atom stereocenters. The molecule has 2 aliphatic rings. The van der Waals surface area contributed by atoms with E-state index in [1.807, 2.05) is 0 Å². The van der Waals surface area contributed by atoms with Crippen molar-refractivity contribution in [1.82, 2.24) is 5.32 Å². The molecule has 3 heteroatoms. The quantitative estimate of drug-likeness (QED) is 0.742. The molecule has 2 N–H and O–H groups in total. The molecule has 3 atom stereocenters. The maximum absolute atomic E-state index is 9.60. The van der Waals surface area contributed by atoms with Crippen LogP contribution in [0.15, 0.2) is 12.3 Å². The average Bonchev–Trinajstić information content (AvgIpc) is 2.25. The van der Waals surface area contributed by atoms with Crippen molar-refractivity contribution in [3.05, 3.63) is 12.3 Å². The molecule has 0 aromatic rings. The largest absolute Gasteiger partial charge is 0.497 e. The molecule has 0 bridgehead atoms. The molecule has 1 heterocycles. The van der Waals surface area contributed by atoms with Gasteiger partial charge in [0, 0.05) is 18.0 Å². The van der Waals surface area contributed by atoms with E-state index in [1.54, 1.807) is 6.26 Å². The number of ether oxygens (including phenoxy) is 1. The van der Waals surface area contributed by atoms with Gasteiger partial charge in [-0.25, -0.2) is 0 Å². The van der Waals surface area contributed by atoms with E-state index < -0.39 is 0 Å². The lowest BCUT2D eigenvalue weighted by atomic mass is 9.64. The Hall–Kier alpha value is -0.540. The van der Waals surface area contributed by atoms with E-state index in [-0.39, 0.29) is 11.5 Å². The van der Waals surface area contributed by atoms with Crippen LogP contribution in [0.1, 0.15) is 33.1 Å². The first-order valence-electron chi connectivity index (χ1n) is 5.82. The van der Waals surface area contributed by atoms with Crippen LogP contribution < -0.4 is 5.32 Å². The minimum atomic E-state index is -0.151. The summed E-state index contributed by atoms with van der Waals surface area (Å²) in [4.78, 5) is 0. The highest BCUT2D eigenvalue weighted by Crippen LogP contribution is 2.40. The van der Waals surface area contributed by atoms with Crippen molar-refractivity contribution >= 4 is 0 Å². The summed E-state index contributed by atoms with van der Waals surface area (Å²) in [7, 11) is 0. The lowest BCUT2D eigenvalue weighted by molar-refractivity contribution is -0.0753. The first-order chi connectivity index (χ1) is 7.10. The van der Waals surface area contributed by atoms with Crippen LogP contribution in [0.25, 0.3) is 0 Å². The van der Waals surface area contributed by atoms with Crippen LogP contribution in [0.4, 0.5) is 0 Å². The smallest absolute Gasteiger partial charge is 0.110 e. The molecular weight excluding hydrogens is 190 g/mol. The molecule has 2 rings (SSSR count). The first kappa shape index (κ1) is 11.0. The van der Waals surface area contributed by atoms with E-state index in [9.17, 15) is 5.11 Å². The van der Waals surface area contributed by atoms with Gasteiger partial charge in [-0.05, 0) is 25.3 Å². The minimum Gasteiger partial charge on any atom is -0.497 e. The van der Waals surface area contributed by atoms with E-state index >= 15 is 0 Å². The number of hydrogen-bond acceptors (Lipinski definition) is 3. The van der Waals surface area contributed by atoms with E-state index in [0.717, 1.165) is 25.8 Å². The van der Waals surface area contributed by atoms with E-state index in [0.29, 0.717) is 12.1 Å². The van der Waals surface area contributed by atoms with Crippen LogP contribution in [-0.2, 0) is 4.74 Å². The Balaban J connectivity index is 1.72. The van der Waals surface area contributed by atoms with E-state index in [2.05, 4.69) is 25.2 Å². The average molecular weight is 211 g/mol. The molecule has 1 aliphatic heterocycles. The van der Waals surface area contributed by atoms with Crippen molar-refractivity contribution in [2.75, 3.05) is 6.54 Å². The van der Waals surface area contributed by atoms with Gasteiger partial charge in [0.1, 0.15) is 6.10 Å². The number of nitrogens with one attached hydrogen (secondary N) is 1. The Morgan fingerprint density at radius 3 is 2.87 bits per heavy atom. The third-order valence-electron chi connectivity index (χ3n) is 3.83. The fourth-order valence-corrected chi connectivity index (χ4v) is 2.26. The topological polar surface area (TPSA) is 41.5 Å². The standard InChI is InChI=1S/C12H21NO2/c1-12(2)10(7-11(12)14)13-8-9-5-3-4-6-15-9/h4,6,9-11,13-14H,3,5,7-8H2,1-2H3.